The Hall–Kier alpha value is -1.45. The van der Waals surface area contributed by atoms with Gasteiger partial charge in [0.05, 0.1) is 0 Å². The molecular weight excluding hydrogens is 224 g/mol. The van der Waals surface area contributed by atoms with Crippen molar-refractivity contribution < 1.29 is 13.6 Å². The molecule has 0 spiro atoms. The molecule has 4 heteroatoms. The third-order valence-electron chi connectivity index (χ3n) is 2.44. The smallest absolute Gasteiger partial charge is 0.253 e. The molecule has 1 amide bonds. The maximum absolute atomic E-state index is 13.8. The van der Waals surface area contributed by atoms with Crippen LogP contribution >= 0.6 is 0 Å². The molecule has 0 aliphatic rings. The van der Waals surface area contributed by atoms with Crippen LogP contribution in [0.1, 0.15) is 36.7 Å². The lowest BCUT2D eigenvalue weighted by atomic mass is 9.83. The number of amides is 1. The Bertz CT molecular complexity index is 447. The summed E-state index contributed by atoms with van der Waals surface area (Å²) in [6.07, 6.45) is 0. The van der Waals surface area contributed by atoms with Gasteiger partial charge in [0.1, 0.15) is 11.6 Å². The standard InChI is InChI=1S/C13H17F2NO/c1-13(2,3)11-9(12(17)16(4)5)6-8(14)7-10(11)15/h6-7H,1-5H3. The minimum absolute atomic E-state index is 0.0833. The highest BCUT2D eigenvalue weighted by molar-refractivity contribution is 5.95. The average Bonchev–Trinajstić information content (AvgIpc) is 2.12. The highest BCUT2D eigenvalue weighted by Crippen LogP contribution is 2.30. The highest BCUT2D eigenvalue weighted by Gasteiger charge is 2.27. The summed E-state index contributed by atoms with van der Waals surface area (Å²) in [4.78, 5) is 13.2. The topological polar surface area (TPSA) is 20.3 Å². The monoisotopic (exact) mass is 241 g/mol. The first-order chi connectivity index (χ1) is 7.64. The fraction of sp³-hybridized carbons (Fsp3) is 0.462. The summed E-state index contributed by atoms with van der Waals surface area (Å²) >= 11 is 0. The van der Waals surface area contributed by atoms with Gasteiger partial charge in [0.15, 0.2) is 0 Å². The molecule has 1 aromatic rings. The maximum atomic E-state index is 13.8. The van der Waals surface area contributed by atoms with E-state index in [-0.39, 0.29) is 11.1 Å². The summed E-state index contributed by atoms with van der Waals surface area (Å²) in [5, 5.41) is 0. The zero-order valence-corrected chi connectivity index (χ0v) is 10.8. The lowest BCUT2D eigenvalue weighted by Crippen LogP contribution is -2.27. The largest absolute Gasteiger partial charge is 0.345 e. The molecule has 0 fully saturated rings. The van der Waals surface area contributed by atoms with Crippen LogP contribution in [0.4, 0.5) is 8.78 Å². The van der Waals surface area contributed by atoms with Crippen LogP contribution in [0, 0.1) is 11.6 Å². The van der Waals surface area contributed by atoms with Crippen LogP contribution in [0.3, 0.4) is 0 Å². The Balaban J connectivity index is 3.52. The molecule has 0 saturated carbocycles. The Labute approximate surface area is 100 Å². The van der Waals surface area contributed by atoms with Crippen LogP contribution in [-0.2, 0) is 5.41 Å². The molecule has 0 unspecified atom stereocenters. The first-order valence-electron chi connectivity index (χ1n) is 5.35. The second-order valence-corrected chi connectivity index (χ2v) is 5.26. The zero-order valence-electron chi connectivity index (χ0n) is 10.8. The molecular formula is C13H17F2NO. The molecule has 17 heavy (non-hydrogen) atoms. The van der Waals surface area contributed by atoms with Crippen molar-refractivity contribution in [2.75, 3.05) is 14.1 Å². The second kappa shape index (κ2) is 4.43. The molecule has 2 nitrogen and oxygen atoms in total. The van der Waals surface area contributed by atoms with Gasteiger partial charge < -0.3 is 4.90 Å². The Morgan fingerprint density at radius 3 is 2.12 bits per heavy atom. The van der Waals surface area contributed by atoms with Gasteiger partial charge in [-0.25, -0.2) is 8.78 Å². The quantitative estimate of drug-likeness (QED) is 0.740. The van der Waals surface area contributed by atoms with Crippen LogP contribution in [-0.4, -0.2) is 24.9 Å². The van der Waals surface area contributed by atoms with E-state index in [9.17, 15) is 13.6 Å². The van der Waals surface area contributed by atoms with E-state index in [2.05, 4.69) is 0 Å². The van der Waals surface area contributed by atoms with Gasteiger partial charge in [0, 0.05) is 31.3 Å². The van der Waals surface area contributed by atoms with Gasteiger partial charge in [-0.3, -0.25) is 4.79 Å². The van der Waals surface area contributed by atoms with Crippen molar-refractivity contribution in [1.29, 1.82) is 0 Å². The van der Waals surface area contributed by atoms with E-state index >= 15 is 0 Å². The molecule has 0 heterocycles. The van der Waals surface area contributed by atoms with E-state index < -0.39 is 23.0 Å². The summed E-state index contributed by atoms with van der Waals surface area (Å²) in [5.41, 5.74) is -0.226. The molecule has 0 radical (unpaired) electrons. The normalized spacial score (nSPS) is 11.5. The van der Waals surface area contributed by atoms with Crippen molar-refractivity contribution >= 4 is 5.91 Å². The molecule has 0 bridgehead atoms. The minimum atomic E-state index is -0.735. The fourth-order valence-electron chi connectivity index (χ4n) is 1.75. The van der Waals surface area contributed by atoms with E-state index in [1.807, 2.05) is 0 Å². The molecule has 1 aromatic carbocycles. The molecule has 0 aromatic heterocycles. The number of nitrogens with zero attached hydrogens (tertiary/aromatic N) is 1. The molecule has 0 saturated heterocycles. The Morgan fingerprint density at radius 1 is 1.18 bits per heavy atom. The van der Waals surface area contributed by atoms with E-state index in [4.69, 9.17) is 0 Å². The molecule has 94 valence electrons. The third-order valence-corrected chi connectivity index (χ3v) is 2.44. The van der Waals surface area contributed by atoms with E-state index in [1.54, 1.807) is 34.9 Å². The van der Waals surface area contributed by atoms with Crippen LogP contribution < -0.4 is 0 Å². The van der Waals surface area contributed by atoms with Crippen LogP contribution in [0.2, 0.25) is 0 Å². The van der Waals surface area contributed by atoms with Gasteiger partial charge in [0.25, 0.3) is 5.91 Å². The minimum Gasteiger partial charge on any atom is -0.345 e. The first-order valence-corrected chi connectivity index (χ1v) is 5.35. The van der Waals surface area contributed by atoms with E-state index in [1.165, 1.54) is 4.90 Å². The van der Waals surface area contributed by atoms with Crippen molar-refractivity contribution in [3.05, 3.63) is 34.9 Å². The molecule has 0 aliphatic carbocycles. The van der Waals surface area contributed by atoms with Crippen molar-refractivity contribution in [3.8, 4) is 0 Å². The number of hydrogen-bond acceptors (Lipinski definition) is 1. The predicted octanol–water partition coefficient (Wildman–Crippen LogP) is 2.96. The second-order valence-electron chi connectivity index (χ2n) is 5.26. The summed E-state index contributed by atoms with van der Waals surface area (Å²) in [7, 11) is 3.11. The van der Waals surface area contributed by atoms with Crippen molar-refractivity contribution in [1.82, 2.24) is 4.90 Å². The number of hydrogen-bond donors (Lipinski definition) is 0. The molecule has 0 aliphatic heterocycles. The number of rotatable bonds is 1. The first kappa shape index (κ1) is 13.6. The summed E-state index contributed by atoms with van der Waals surface area (Å²) in [6, 6.07) is 1.90. The lowest BCUT2D eigenvalue weighted by molar-refractivity contribution is 0.0824. The van der Waals surface area contributed by atoms with Gasteiger partial charge in [-0.05, 0) is 11.5 Å². The maximum Gasteiger partial charge on any atom is 0.253 e. The number of benzene rings is 1. The lowest BCUT2D eigenvalue weighted by Gasteiger charge is -2.24. The van der Waals surface area contributed by atoms with E-state index in [0.29, 0.717) is 0 Å². The number of carbonyl (C=O) groups excluding carboxylic acids is 1. The third kappa shape index (κ3) is 2.81. The summed E-state index contributed by atoms with van der Waals surface area (Å²) in [5.74, 6) is -1.81. The van der Waals surface area contributed by atoms with Crippen molar-refractivity contribution in [3.63, 3.8) is 0 Å². The van der Waals surface area contributed by atoms with Gasteiger partial charge in [-0.2, -0.15) is 0 Å². The average molecular weight is 241 g/mol. The van der Waals surface area contributed by atoms with Gasteiger partial charge in [-0.1, -0.05) is 20.8 Å². The molecule has 1 rings (SSSR count). The van der Waals surface area contributed by atoms with Crippen molar-refractivity contribution in [2.24, 2.45) is 0 Å². The fourth-order valence-corrected chi connectivity index (χ4v) is 1.75. The summed E-state index contributed by atoms with van der Waals surface area (Å²) in [6.45, 7) is 5.36. The number of halogens is 2. The van der Waals surface area contributed by atoms with Crippen LogP contribution in [0.5, 0.6) is 0 Å². The number of carbonyl (C=O) groups is 1. The predicted molar refractivity (Wildman–Crippen MR) is 63.1 cm³/mol. The van der Waals surface area contributed by atoms with Gasteiger partial charge in [0.2, 0.25) is 0 Å². The van der Waals surface area contributed by atoms with Crippen molar-refractivity contribution in [2.45, 2.75) is 26.2 Å². The SMILES string of the molecule is CN(C)C(=O)c1cc(F)cc(F)c1C(C)(C)C. The van der Waals surface area contributed by atoms with Crippen LogP contribution in [0.25, 0.3) is 0 Å². The van der Waals surface area contributed by atoms with Gasteiger partial charge in [-0.15, -0.1) is 0 Å². The Morgan fingerprint density at radius 2 is 1.71 bits per heavy atom. The molecule has 0 atom stereocenters. The molecule has 0 N–H and O–H groups in total. The van der Waals surface area contributed by atoms with Gasteiger partial charge >= 0.3 is 0 Å². The Kier molecular flexibility index (Phi) is 3.55. The highest BCUT2D eigenvalue weighted by atomic mass is 19.1. The zero-order chi connectivity index (χ0) is 13.4. The summed E-state index contributed by atoms with van der Waals surface area (Å²) < 4.78 is 27.0. The van der Waals surface area contributed by atoms with E-state index in [0.717, 1.165) is 12.1 Å². The van der Waals surface area contributed by atoms with Crippen LogP contribution in [0.15, 0.2) is 12.1 Å².